The summed E-state index contributed by atoms with van der Waals surface area (Å²) in [7, 11) is 0. The monoisotopic (exact) mass is 322 g/mol. The van der Waals surface area contributed by atoms with Crippen LogP contribution in [0.3, 0.4) is 0 Å². The van der Waals surface area contributed by atoms with Crippen molar-refractivity contribution in [2.75, 3.05) is 6.61 Å². The topological polar surface area (TPSA) is 91.4 Å². The Balaban J connectivity index is 1.89. The first-order valence-corrected chi connectivity index (χ1v) is 8.23. The molecule has 3 N–H and O–H groups in total. The summed E-state index contributed by atoms with van der Waals surface area (Å²) in [5.41, 5.74) is 2.39. The molecule has 0 bridgehead atoms. The number of hydrogen-bond donors (Lipinski definition) is 3. The van der Waals surface area contributed by atoms with Gasteiger partial charge < -0.3 is 20.1 Å². The maximum absolute atomic E-state index is 12.1. The molecule has 1 aliphatic carbocycles. The lowest BCUT2D eigenvalue weighted by Gasteiger charge is -2.22. The molecule has 1 aromatic rings. The van der Waals surface area contributed by atoms with Gasteiger partial charge in [0.25, 0.3) is 5.91 Å². The molecule has 6 nitrogen and oxygen atoms in total. The summed E-state index contributed by atoms with van der Waals surface area (Å²) in [6.07, 6.45) is 4.81. The van der Waals surface area contributed by atoms with Crippen molar-refractivity contribution in [1.82, 2.24) is 10.3 Å². The zero-order chi connectivity index (χ0) is 17.0. The molecule has 1 unspecified atom stereocenters. The van der Waals surface area contributed by atoms with Gasteiger partial charge >= 0.3 is 5.97 Å². The molecule has 1 fully saturated rings. The Kier molecular flexibility index (Phi) is 5.82. The fourth-order valence-corrected chi connectivity index (χ4v) is 3.31. The van der Waals surface area contributed by atoms with Crippen LogP contribution in [-0.2, 0) is 9.53 Å². The first-order chi connectivity index (χ1) is 10.9. The highest BCUT2D eigenvalue weighted by molar-refractivity contribution is 5.91. The van der Waals surface area contributed by atoms with Crippen molar-refractivity contribution >= 4 is 11.9 Å². The Morgan fingerprint density at radius 1 is 1.30 bits per heavy atom. The Bertz CT molecular complexity index is 571. The predicted octanol–water partition coefficient (Wildman–Crippen LogP) is 2.29. The number of aryl methyl sites for hydroxylation is 1. The van der Waals surface area contributed by atoms with Crippen LogP contribution >= 0.6 is 0 Å². The quantitative estimate of drug-likeness (QED) is 0.725. The van der Waals surface area contributed by atoms with E-state index in [9.17, 15) is 14.7 Å². The third-order valence-electron chi connectivity index (χ3n) is 4.42. The molecule has 0 aliphatic heterocycles. The van der Waals surface area contributed by atoms with Crippen LogP contribution < -0.4 is 5.32 Å². The van der Waals surface area contributed by atoms with E-state index >= 15 is 0 Å². The summed E-state index contributed by atoms with van der Waals surface area (Å²) in [5, 5.41) is 12.7. The number of H-pyrrole nitrogens is 1. The van der Waals surface area contributed by atoms with Gasteiger partial charge in [-0.2, -0.15) is 0 Å². The summed E-state index contributed by atoms with van der Waals surface area (Å²) in [5.74, 6) is -0.835. The van der Waals surface area contributed by atoms with Crippen LogP contribution in [0, 0.1) is 13.8 Å². The second kappa shape index (κ2) is 7.64. The second-order valence-corrected chi connectivity index (χ2v) is 6.32. The fraction of sp³-hybridized carbons (Fsp3) is 0.647. The number of aromatic nitrogens is 1. The van der Waals surface area contributed by atoms with Gasteiger partial charge in [0.05, 0.1) is 6.10 Å². The highest BCUT2D eigenvalue weighted by Crippen LogP contribution is 2.24. The molecule has 1 aliphatic rings. The van der Waals surface area contributed by atoms with Crippen molar-refractivity contribution in [2.45, 2.75) is 65.0 Å². The zero-order valence-electron chi connectivity index (χ0n) is 14.1. The van der Waals surface area contributed by atoms with Gasteiger partial charge in [0, 0.05) is 17.3 Å². The number of nitrogens with one attached hydrogen (secondary N) is 2. The number of amides is 1. The van der Waals surface area contributed by atoms with E-state index in [0.717, 1.165) is 31.4 Å². The molecule has 1 heterocycles. The predicted molar refractivity (Wildman–Crippen MR) is 86.2 cm³/mol. The van der Waals surface area contributed by atoms with Crippen LogP contribution in [0.1, 0.15) is 72.4 Å². The normalized spacial score (nSPS) is 16.9. The van der Waals surface area contributed by atoms with E-state index < -0.39 is 12.1 Å². The molecule has 0 aromatic carbocycles. The fourth-order valence-electron chi connectivity index (χ4n) is 3.31. The SMILES string of the molecule is Cc1[nH]c(C(=O)OCC(=O)NC2CCCCC2)c(C)c1C(C)O. The molecule has 1 aromatic heterocycles. The number of aliphatic hydroxyl groups excluding tert-OH is 1. The van der Waals surface area contributed by atoms with Crippen LogP contribution in [0.5, 0.6) is 0 Å². The van der Waals surface area contributed by atoms with E-state index in [1.54, 1.807) is 20.8 Å². The molecular weight excluding hydrogens is 296 g/mol. The number of aliphatic hydroxyl groups is 1. The van der Waals surface area contributed by atoms with Crippen molar-refractivity contribution in [3.05, 3.63) is 22.5 Å². The molecule has 1 atom stereocenters. The van der Waals surface area contributed by atoms with Gasteiger partial charge in [-0.25, -0.2) is 4.79 Å². The molecule has 128 valence electrons. The van der Waals surface area contributed by atoms with E-state index in [4.69, 9.17) is 4.74 Å². The smallest absolute Gasteiger partial charge is 0.355 e. The van der Waals surface area contributed by atoms with Gasteiger partial charge in [0.1, 0.15) is 5.69 Å². The lowest BCUT2D eigenvalue weighted by Crippen LogP contribution is -2.38. The van der Waals surface area contributed by atoms with E-state index in [1.807, 2.05) is 0 Å². The van der Waals surface area contributed by atoms with Crippen molar-refractivity contribution in [1.29, 1.82) is 0 Å². The van der Waals surface area contributed by atoms with Crippen LogP contribution in [0.25, 0.3) is 0 Å². The molecular formula is C17H26N2O4. The van der Waals surface area contributed by atoms with E-state index in [0.29, 0.717) is 16.8 Å². The van der Waals surface area contributed by atoms with Gasteiger partial charge in [0.15, 0.2) is 6.61 Å². The first kappa shape index (κ1) is 17.5. The maximum Gasteiger partial charge on any atom is 0.355 e. The summed E-state index contributed by atoms with van der Waals surface area (Å²) in [4.78, 5) is 26.9. The molecule has 1 amide bonds. The number of carbonyl (C=O) groups is 2. The largest absolute Gasteiger partial charge is 0.451 e. The standard InChI is InChI=1S/C17H26N2O4/c1-10-15(12(3)20)11(2)18-16(10)17(22)23-9-14(21)19-13-7-5-4-6-8-13/h12-13,18,20H,4-9H2,1-3H3,(H,19,21). The second-order valence-electron chi connectivity index (χ2n) is 6.32. The molecule has 6 heteroatoms. The zero-order valence-corrected chi connectivity index (χ0v) is 14.1. The average molecular weight is 322 g/mol. The summed E-state index contributed by atoms with van der Waals surface area (Å²) in [6, 6.07) is 0.200. The van der Waals surface area contributed by atoms with Crippen LogP contribution in [0.2, 0.25) is 0 Å². The van der Waals surface area contributed by atoms with Gasteiger partial charge in [-0.3, -0.25) is 4.79 Å². The molecule has 0 saturated heterocycles. The number of rotatable bonds is 5. The van der Waals surface area contributed by atoms with Gasteiger partial charge in [-0.15, -0.1) is 0 Å². The number of carbonyl (C=O) groups excluding carboxylic acids is 2. The minimum Gasteiger partial charge on any atom is -0.451 e. The number of esters is 1. The number of hydrogen-bond acceptors (Lipinski definition) is 4. The van der Waals surface area contributed by atoms with Gasteiger partial charge in [-0.1, -0.05) is 19.3 Å². The van der Waals surface area contributed by atoms with E-state index in [2.05, 4.69) is 10.3 Å². The van der Waals surface area contributed by atoms with E-state index in [-0.39, 0.29) is 18.6 Å². The maximum atomic E-state index is 12.1. The molecule has 23 heavy (non-hydrogen) atoms. The van der Waals surface area contributed by atoms with Gasteiger partial charge in [-0.05, 0) is 39.2 Å². The molecule has 0 radical (unpaired) electrons. The summed E-state index contributed by atoms with van der Waals surface area (Å²) in [6.45, 7) is 4.92. The lowest BCUT2D eigenvalue weighted by molar-refractivity contribution is -0.125. The molecule has 1 saturated carbocycles. The molecule has 0 spiro atoms. The highest BCUT2D eigenvalue weighted by Gasteiger charge is 2.22. The Labute approximate surface area is 136 Å². The third-order valence-corrected chi connectivity index (χ3v) is 4.42. The Hall–Kier alpha value is -1.82. The summed E-state index contributed by atoms with van der Waals surface area (Å²) < 4.78 is 5.10. The summed E-state index contributed by atoms with van der Waals surface area (Å²) >= 11 is 0. The highest BCUT2D eigenvalue weighted by atomic mass is 16.5. The Morgan fingerprint density at radius 2 is 1.96 bits per heavy atom. The van der Waals surface area contributed by atoms with Crippen molar-refractivity contribution in [2.24, 2.45) is 0 Å². The van der Waals surface area contributed by atoms with Gasteiger partial charge in [0.2, 0.25) is 0 Å². The first-order valence-electron chi connectivity index (χ1n) is 8.23. The van der Waals surface area contributed by atoms with Crippen molar-refractivity contribution in [3.63, 3.8) is 0 Å². The Morgan fingerprint density at radius 3 is 2.52 bits per heavy atom. The minimum atomic E-state index is -0.664. The minimum absolute atomic E-state index is 0.200. The lowest BCUT2D eigenvalue weighted by atomic mass is 9.95. The number of aromatic amines is 1. The molecule has 2 rings (SSSR count). The van der Waals surface area contributed by atoms with Crippen molar-refractivity contribution < 1.29 is 19.4 Å². The van der Waals surface area contributed by atoms with Crippen LogP contribution in [0.4, 0.5) is 0 Å². The number of ether oxygens (including phenoxy) is 1. The van der Waals surface area contributed by atoms with E-state index in [1.165, 1.54) is 6.42 Å². The third kappa shape index (κ3) is 4.34. The van der Waals surface area contributed by atoms with Crippen LogP contribution in [0.15, 0.2) is 0 Å². The average Bonchev–Trinajstić information content (AvgIpc) is 2.81. The van der Waals surface area contributed by atoms with Crippen LogP contribution in [-0.4, -0.2) is 34.6 Å². The van der Waals surface area contributed by atoms with Crippen molar-refractivity contribution in [3.8, 4) is 0 Å².